The number of rotatable bonds is 0. The highest BCUT2D eigenvalue weighted by molar-refractivity contribution is 6.06. The summed E-state index contributed by atoms with van der Waals surface area (Å²) in [6, 6.07) is 0. The van der Waals surface area contributed by atoms with Crippen LogP contribution >= 0.6 is 0 Å². The SMILES string of the molecule is O=C1OCC2CCCCCCCCOC(=O)c3c4c5c(c(c31)C2)CCCCCCCCC(C5)C4. The lowest BCUT2D eigenvalue weighted by atomic mass is 9.81. The average molecular weight is 467 g/mol. The molecule has 4 aliphatic rings. The van der Waals surface area contributed by atoms with Gasteiger partial charge in [0.05, 0.1) is 24.3 Å². The number of fused-ring (bicyclic) bond motifs is 3. The number of cyclic esters (lactones) is 2. The number of ether oxygens (including phenoxy) is 2. The van der Waals surface area contributed by atoms with E-state index in [1.165, 1.54) is 81.8 Å². The third-order valence-electron chi connectivity index (χ3n) is 8.81. The van der Waals surface area contributed by atoms with E-state index in [0.717, 1.165) is 56.1 Å². The third kappa shape index (κ3) is 5.21. The molecule has 1 aromatic rings. The summed E-state index contributed by atoms with van der Waals surface area (Å²) < 4.78 is 11.7. The molecule has 2 aliphatic carbocycles. The van der Waals surface area contributed by atoms with Gasteiger partial charge in [-0.15, -0.1) is 0 Å². The van der Waals surface area contributed by atoms with Gasteiger partial charge >= 0.3 is 11.9 Å². The molecular formula is C30H42O4. The molecular weight excluding hydrogens is 424 g/mol. The van der Waals surface area contributed by atoms with Crippen molar-refractivity contribution in [3.05, 3.63) is 33.4 Å². The molecule has 2 atom stereocenters. The van der Waals surface area contributed by atoms with Crippen LogP contribution in [0.25, 0.3) is 0 Å². The summed E-state index contributed by atoms with van der Waals surface area (Å²) in [4.78, 5) is 27.0. The molecule has 0 aromatic heterocycles. The van der Waals surface area contributed by atoms with E-state index < -0.39 is 0 Å². The second-order valence-corrected chi connectivity index (χ2v) is 11.3. The Hall–Kier alpha value is -1.84. The van der Waals surface area contributed by atoms with Crippen molar-refractivity contribution in [1.29, 1.82) is 0 Å². The van der Waals surface area contributed by atoms with Crippen LogP contribution in [0.5, 0.6) is 0 Å². The summed E-state index contributed by atoms with van der Waals surface area (Å²) in [5.41, 5.74) is 6.22. The lowest BCUT2D eigenvalue weighted by molar-refractivity contribution is 0.0423. The zero-order valence-corrected chi connectivity index (χ0v) is 20.9. The molecule has 2 aliphatic heterocycles. The van der Waals surface area contributed by atoms with Gasteiger partial charge in [-0.1, -0.05) is 64.2 Å². The molecule has 0 saturated heterocycles. The zero-order chi connectivity index (χ0) is 23.3. The number of carbonyl (C=O) groups is 2. The number of esters is 2. The maximum Gasteiger partial charge on any atom is 0.339 e. The first-order valence-electron chi connectivity index (χ1n) is 14.3. The van der Waals surface area contributed by atoms with Crippen molar-refractivity contribution < 1.29 is 19.1 Å². The number of benzene rings is 1. The van der Waals surface area contributed by atoms with Gasteiger partial charge in [-0.3, -0.25) is 0 Å². The first-order valence-corrected chi connectivity index (χ1v) is 14.3. The second-order valence-electron chi connectivity index (χ2n) is 11.3. The Labute approximate surface area is 205 Å². The number of hydrogen-bond acceptors (Lipinski definition) is 4. The van der Waals surface area contributed by atoms with E-state index in [2.05, 4.69) is 0 Å². The third-order valence-corrected chi connectivity index (χ3v) is 8.81. The Morgan fingerprint density at radius 2 is 1.03 bits per heavy atom. The molecule has 1 aromatic carbocycles. The molecule has 0 N–H and O–H groups in total. The Kier molecular flexibility index (Phi) is 7.91. The van der Waals surface area contributed by atoms with Gasteiger partial charge in [-0.25, -0.2) is 9.59 Å². The topological polar surface area (TPSA) is 52.6 Å². The summed E-state index contributed by atoms with van der Waals surface area (Å²) in [5.74, 6) is 0.373. The van der Waals surface area contributed by atoms with Crippen LogP contribution in [0.15, 0.2) is 0 Å². The fourth-order valence-electron chi connectivity index (χ4n) is 6.99. The Morgan fingerprint density at radius 1 is 0.500 bits per heavy atom. The van der Waals surface area contributed by atoms with E-state index in [-0.39, 0.29) is 11.9 Å². The van der Waals surface area contributed by atoms with Crippen LogP contribution in [0.1, 0.15) is 133 Å². The van der Waals surface area contributed by atoms with Crippen molar-refractivity contribution in [3.63, 3.8) is 0 Å². The van der Waals surface area contributed by atoms with E-state index in [1.807, 2.05) is 0 Å². The summed E-state index contributed by atoms with van der Waals surface area (Å²) in [5, 5.41) is 0. The molecule has 0 fully saturated rings. The zero-order valence-electron chi connectivity index (χ0n) is 20.9. The molecule has 2 unspecified atom stereocenters. The maximum atomic E-state index is 13.6. The molecule has 0 radical (unpaired) electrons. The molecule has 6 bridgehead atoms. The van der Waals surface area contributed by atoms with Gasteiger partial charge in [0.15, 0.2) is 0 Å². The van der Waals surface area contributed by atoms with Gasteiger partial charge < -0.3 is 9.47 Å². The number of carbonyl (C=O) groups excluding carboxylic acids is 2. The van der Waals surface area contributed by atoms with Crippen LogP contribution < -0.4 is 0 Å². The number of hydrogen-bond donors (Lipinski definition) is 0. The fourth-order valence-corrected chi connectivity index (χ4v) is 6.99. The van der Waals surface area contributed by atoms with E-state index in [4.69, 9.17) is 9.47 Å². The summed E-state index contributed by atoms with van der Waals surface area (Å²) in [7, 11) is 0. The van der Waals surface area contributed by atoms with E-state index in [9.17, 15) is 9.59 Å². The molecule has 0 saturated carbocycles. The first kappa shape index (κ1) is 23.9. The van der Waals surface area contributed by atoms with Gasteiger partial charge in [-0.05, 0) is 85.5 Å². The van der Waals surface area contributed by atoms with Crippen molar-refractivity contribution in [2.45, 2.75) is 116 Å². The normalized spacial score (nSPS) is 26.8. The minimum Gasteiger partial charge on any atom is -0.462 e. The fraction of sp³-hybridized carbons (Fsp3) is 0.733. The molecule has 5 rings (SSSR count). The van der Waals surface area contributed by atoms with E-state index >= 15 is 0 Å². The highest BCUT2D eigenvalue weighted by atomic mass is 16.5. The predicted molar refractivity (Wildman–Crippen MR) is 133 cm³/mol. The van der Waals surface area contributed by atoms with Crippen molar-refractivity contribution in [3.8, 4) is 0 Å². The smallest absolute Gasteiger partial charge is 0.339 e. The second kappa shape index (κ2) is 11.3. The van der Waals surface area contributed by atoms with E-state index in [1.54, 1.807) is 0 Å². The van der Waals surface area contributed by atoms with Gasteiger partial charge in [0.2, 0.25) is 0 Å². The monoisotopic (exact) mass is 466 g/mol. The lowest BCUT2D eigenvalue weighted by Crippen LogP contribution is -2.20. The average Bonchev–Trinajstić information content (AvgIpc) is 3.17. The van der Waals surface area contributed by atoms with Gasteiger partial charge in [0.1, 0.15) is 0 Å². The molecule has 4 nitrogen and oxygen atoms in total. The summed E-state index contributed by atoms with van der Waals surface area (Å²) in [6.45, 7) is 0.931. The van der Waals surface area contributed by atoms with Crippen LogP contribution in [-0.2, 0) is 35.2 Å². The van der Waals surface area contributed by atoms with Crippen molar-refractivity contribution in [1.82, 2.24) is 0 Å². The van der Waals surface area contributed by atoms with Crippen LogP contribution in [0, 0.1) is 11.8 Å². The summed E-state index contributed by atoms with van der Waals surface area (Å²) >= 11 is 0. The lowest BCUT2D eigenvalue weighted by Gasteiger charge is -2.22. The minimum absolute atomic E-state index is 0.283. The summed E-state index contributed by atoms with van der Waals surface area (Å²) in [6.07, 6.45) is 20.8. The molecule has 186 valence electrons. The largest absolute Gasteiger partial charge is 0.462 e. The van der Waals surface area contributed by atoms with Gasteiger partial charge in [0.25, 0.3) is 0 Å². The highest BCUT2D eigenvalue weighted by Crippen LogP contribution is 2.42. The standard InChI is InChI=1S/C30H42O4/c31-29-28-26-18-21-13-9-5-1-2-7-11-15-23(24(26)17-21)25-19-22(20-34-30(32)27(25)28)14-10-6-3-4-8-12-16-33-29/h21-22H,1-20H2. The van der Waals surface area contributed by atoms with Gasteiger partial charge in [0, 0.05) is 0 Å². The van der Waals surface area contributed by atoms with Crippen LogP contribution in [0.3, 0.4) is 0 Å². The first-order chi connectivity index (χ1) is 16.7. The Bertz CT molecular complexity index is 902. The molecule has 34 heavy (non-hydrogen) atoms. The molecule has 2 heterocycles. The van der Waals surface area contributed by atoms with Crippen molar-refractivity contribution in [2.24, 2.45) is 11.8 Å². The highest BCUT2D eigenvalue weighted by Gasteiger charge is 2.38. The predicted octanol–water partition coefficient (Wildman–Crippen LogP) is 6.92. The van der Waals surface area contributed by atoms with Crippen LogP contribution in [-0.4, -0.2) is 25.2 Å². The molecule has 0 amide bonds. The molecule has 0 spiro atoms. The van der Waals surface area contributed by atoms with Crippen molar-refractivity contribution >= 4 is 11.9 Å². The minimum atomic E-state index is -0.284. The van der Waals surface area contributed by atoms with Crippen LogP contribution in [0.2, 0.25) is 0 Å². The van der Waals surface area contributed by atoms with E-state index in [0.29, 0.717) is 36.2 Å². The molecule has 4 heteroatoms. The quantitative estimate of drug-likeness (QED) is 0.390. The van der Waals surface area contributed by atoms with Crippen molar-refractivity contribution in [2.75, 3.05) is 13.2 Å². The van der Waals surface area contributed by atoms with Crippen LogP contribution in [0.4, 0.5) is 0 Å². The van der Waals surface area contributed by atoms with Gasteiger partial charge in [-0.2, -0.15) is 0 Å². The maximum absolute atomic E-state index is 13.6. The Balaban J connectivity index is 1.62. The Morgan fingerprint density at radius 3 is 1.79 bits per heavy atom.